The number of rotatable bonds is 2. The van der Waals surface area contributed by atoms with E-state index in [1.807, 2.05) is 25.1 Å². The second-order valence-electron chi connectivity index (χ2n) is 4.29. The molecule has 5 heteroatoms. The summed E-state index contributed by atoms with van der Waals surface area (Å²) in [5.41, 5.74) is 3.75. The zero-order valence-electron chi connectivity index (χ0n) is 10.6. The minimum absolute atomic E-state index is 0.732. The zero-order chi connectivity index (χ0) is 13.4. The molecule has 0 saturated heterocycles. The largest absolute Gasteiger partial charge is 0.495 e. The number of nitrogens with zero attached hydrogens (tertiary/aromatic N) is 2. The molecule has 1 aromatic carbocycles. The number of hydrogen-bond donors (Lipinski definition) is 2. The molecule has 0 aliphatic carbocycles. The Hall–Kier alpha value is -2.01. The number of pyridine rings is 1. The summed E-state index contributed by atoms with van der Waals surface area (Å²) < 4.78 is 5.46. The summed E-state index contributed by atoms with van der Waals surface area (Å²) >= 11 is 4.50. The van der Waals surface area contributed by atoms with E-state index in [4.69, 9.17) is 4.74 Å². The first-order valence-corrected chi connectivity index (χ1v) is 6.32. The summed E-state index contributed by atoms with van der Waals surface area (Å²) in [7, 11) is 1.64. The summed E-state index contributed by atoms with van der Waals surface area (Å²) in [5, 5.41) is 0. The fourth-order valence-electron chi connectivity index (χ4n) is 2.05. The van der Waals surface area contributed by atoms with E-state index >= 15 is 0 Å². The second kappa shape index (κ2) is 4.59. The number of imidazole rings is 1. The number of ether oxygens (including phenoxy) is 1. The van der Waals surface area contributed by atoms with Crippen LogP contribution in [-0.4, -0.2) is 22.1 Å². The minimum Gasteiger partial charge on any atom is -0.495 e. The molecular formula is C14H13N3OS. The molecule has 1 N–H and O–H groups in total. The van der Waals surface area contributed by atoms with Crippen molar-refractivity contribution in [3.63, 3.8) is 0 Å². The monoisotopic (exact) mass is 271 g/mol. The molecule has 4 nitrogen and oxygen atoms in total. The van der Waals surface area contributed by atoms with Gasteiger partial charge in [-0.3, -0.25) is 4.98 Å². The van der Waals surface area contributed by atoms with Crippen LogP contribution in [0.25, 0.3) is 22.4 Å². The Morgan fingerprint density at radius 3 is 2.84 bits per heavy atom. The minimum atomic E-state index is 0.732. The van der Waals surface area contributed by atoms with E-state index in [1.165, 1.54) is 0 Å². The van der Waals surface area contributed by atoms with Crippen molar-refractivity contribution in [2.75, 3.05) is 7.11 Å². The molecule has 0 bridgehead atoms. The second-order valence-corrected chi connectivity index (χ2v) is 4.74. The molecule has 96 valence electrons. The lowest BCUT2D eigenvalue weighted by Gasteiger charge is -2.10. The summed E-state index contributed by atoms with van der Waals surface area (Å²) in [5.74, 6) is 1.49. The highest BCUT2D eigenvalue weighted by molar-refractivity contribution is 7.80. The van der Waals surface area contributed by atoms with Gasteiger partial charge in [0, 0.05) is 11.1 Å². The van der Waals surface area contributed by atoms with Gasteiger partial charge in [-0.1, -0.05) is 6.07 Å². The van der Waals surface area contributed by atoms with Crippen molar-refractivity contribution >= 4 is 23.7 Å². The summed E-state index contributed by atoms with van der Waals surface area (Å²) in [6.45, 7) is 2.00. The van der Waals surface area contributed by atoms with Gasteiger partial charge >= 0.3 is 0 Å². The number of aromatic nitrogens is 3. The molecule has 19 heavy (non-hydrogen) atoms. The normalized spacial score (nSPS) is 10.9. The van der Waals surface area contributed by atoms with E-state index in [1.54, 1.807) is 19.5 Å². The van der Waals surface area contributed by atoms with E-state index in [9.17, 15) is 0 Å². The van der Waals surface area contributed by atoms with Crippen LogP contribution in [0.2, 0.25) is 0 Å². The number of hydrogen-bond acceptors (Lipinski definition) is 4. The number of thiol groups is 1. The maximum atomic E-state index is 5.46. The van der Waals surface area contributed by atoms with Crippen molar-refractivity contribution in [3.05, 3.63) is 36.2 Å². The first-order valence-electron chi connectivity index (χ1n) is 5.87. The molecule has 0 amide bonds. The Labute approximate surface area is 116 Å². The lowest BCUT2D eigenvalue weighted by atomic mass is 10.1. The van der Waals surface area contributed by atoms with Gasteiger partial charge in [0.05, 0.1) is 29.9 Å². The third-order valence-electron chi connectivity index (χ3n) is 3.08. The van der Waals surface area contributed by atoms with E-state index in [0.29, 0.717) is 0 Å². The van der Waals surface area contributed by atoms with Crippen molar-refractivity contribution in [1.29, 1.82) is 0 Å². The van der Waals surface area contributed by atoms with Gasteiger partial charge in [0.25, 0.3) is 0 Å². The van der Waals surface area contributed by atoms with Crippen LogP contribution in [0.1, 0.15) is 5.56 Å². The van der Waals surface area contributed by atoms with Gasteiger partial charge < -0.3 is 9.72 Å². The highest BCUT2D eigenvalue weighted by Gasteiger charge is 2.14. The van der Waals surface area contributed by atoms with Crippen molar-refractivity contribution < 1.29 is 4.74 Å². The van der Waals surface area contributed by atoms with Crippen LogP contribution in [0.5, 0.6) is 5.75 Å². The lowest BCUT2D eigenvalue weighted by molar-refractivity contribution is 0.406. The third kappa shape index (κ3) is 1.96. The maximum Gasteiger partial charge on any atom is 0.143 e. The van der Waals surface area contributed by atoms with Crippen molar-refractivity contribution in [2.45, 2.75) is 11.8 Å². The molecule has 0 atom stereocenters. The van der Waals surface area contributed by atoms with Gasteiger partial charge in [-0.05, 0) is 24.6 Å². The van der Waals surface area contributed by atoms with Crippen molar-refractivity contribution in [2.24, 2.45) is 0 Å². The SMILES string of the molecule is COc1c(-c2nc3ccncc3[nH]2)ccc(C)c1S. The van der Waals surface area contributed by atoms with Gasteiger partial charge in [0.2, 0.25) is 0 Å². The molecule has 0 spiro atoms. The Bertz CT molecular complexity index is 719. The Balaban J connectivity index is 2.23. The average Bonchev–Trinajstić information content (AvgIpc) is 2.85. The summed E-state index contributed by atoms with van der Waals surface area (Å²) in [6.07, 6.45) is 3.48. The molecule has 0 radical (unpaired) electrons. The van der Waals surface area contributed by atoms with E-state index in [2.05, 4.69) is 27.6 Å². The molecule has 0 fully saturated rings. The zero-order valence-corrected chi connectivity index (χ0v) is 11.5. The van der Waals surface area contributed by atoms with Crippen LogP contribution in [0.4, 0.5) is 0 Å². The van der Waals surface area contributed by atoms with Gasteiger partial charge in [0.15, 0.2) is 0 Å². The van der Waals surface area contributed by atoms with E-state index in [0.717, 1.165) is 38.6 Å². The Morgan fingerprint density at radius 2 is 2.11 bits per heavy atom. The number of benzene rings is 1. The van der Waals surface area contributed by atoms with Gasteiger partial charge in [0.1, 0.15) is 11.6 Å². The highest BCUT2D eigenvalue weighted by atomic mass is 32.1. The predicted molar refractivity (Wildman–Crippen MR) is 77.9 cm³/mol. The molecule has 3 aromatic rings. The highest BCUT2D eigenvalue weighted by Crippen LogP contribution is 2.36. The van der Waals surface area contributed by atoms with Crippen LogP contribution in [-0.2, 0) is 0 Å². The molecule has 0 saturated carbocycles. The first-order chi connectivity index (χ1) is 9.20. The fraction of sp³-hybridized carbons (Fsp3) is 0.143. The number of nitrogens with one attached hydrogen (secondary N) is 1. The van der Waals surface area contributed by atoms with E-state index < -0.39 is 0 Å². The molecule has 2 heterocycles. The predicted octanol–water partition coefficient (Wildman–Crippen LogP) is 3.23. The molecule has 0 aliphatic heterocycles. The van der Waals surface area contributed by atoms with Crippen LogP contribution in [0.15, 0.2) is 35.5 Å². The van der Waals surface area contributed by atoms with Crippen LogP contribution < -0.4 is 4.74 Å². The Morgan fingerprint density at radius 1 is 1.26 bits per heavy atom. The number of aryl methyl sites for hydroxylation is 1. The molecule has 2 aromatic heterocycles. The number of methoxy groups -OCH3 is 1. The average molecular weight is 271 g/mol. The maximum absolute atomic E-state index is 5.46. The van der Waals surface area contributed by atoms with Crippen molar-refractivity contribution in [1.82, 2.24) is 15.0 Å². The van der Waals surface area contributed by atoms with Gasteiger partial charge in [-0.15, -0.1) is 12.6 Å². The molecular weight excluding hydrogens is 258 g/mol. The summed E-state index contributed by atoms with van der Waals surface area (Å²) in [6, 6.07) is 5.86. The van der Waals surface area contributed by atoms with Crippen LogP contribution >= 0.6 is 12.6 Å². The topological polar surface area (TPSA) is 50.8 Å². The standard InChI is InChI=1S/C14H13N3OS/c1-8-3-4-9(12(18-2)13(8)19)14-16-10-5-6-15-7-11(10)17-14/h3-7,19H,1-2H3,(H,16,17). The van der Waals surface area contributed by atoms with Crippen LogP contribution in [0, 0.1) is 6.92 Å². The number of fused-ring (bicyclic) bond motifs is 1. The van der Waals surface area contributed by atoms with E-state index in [-0.39, 0.29) is 0 Å². The van der Waals surface area contributed by atoms with Crippen LogP contribution in [0.3, 0.4) is 0 Å². The van der Waals surface area contributed by atoms with Gasteiger partial charge in [-0.25, -0.2) is 4.98 Å². The number of H-pyrrole nitrogens is 1. The van der Waals surface area contributed by atoms with Crippen molar-refractivity contribution in [3.8, 4) is 17.1 Å². The molecule has 3 rings (SSSR count). The Kier molecular flexibility index (Phi) is 2.91. The lowest BCUT2D eigenvalue weighted by Crippen LogP contribution is -1.92. The molecule has 0 aliphatic rings. The smallest absolute Gasteiger partial charge is 0.143 e. The molecule has 0 unspecified atom stereocenters. The van der Waals surface area contributed by atoms with Gasteiger partial charge in [-0.2, -0.15) is 0 Å². The summed E-state index contributed by atoms with van der Waals surface area (Å²) in [4.78, 5) is 12.7. The quantitative estimate of drug-likeness (QED) is 0.704. The number of aromatic amines is 1. The first kappa shape index (κ1) is 12.0. The fourth-order valence-corrected chi connectivity index (χ4v) is 2.33. The third-order valence-corrected chi connectivity index (χ3v) is 3.63.